The number of allylic oxidation sites excluding steroid dienone is 2. The van der Waals surface area contributed by atoms with Crippen LogP contribution < -0.4 is 0 Å². The van der Waals surface area contributed by atoms with Gasteiger partial charge in [0.25, 0.3) is 0 Å². The minimum Gasteiger partial charge on any atom is -0.426 e. The fourth-order valence-corrected chi connectivity index (χ4v) is 3.57. The van der Waals surface area contributed by atoms with Gasteiger partial charge in [-0.1, -0.05) is 104 Å². The van der Waals surface area contributed by atoms with Crippen LogP contribution in [0.25, 0.3) is 0 Å². The van der Waals surface area contributed by atoms with E-state index in [1.165, 1.54) is 103 Å². The van der Waals surface area contributed by atoms with Gasteiger partial charge in [-0.15, -0.1) is 0 Å². The highest BCUT2D eigenvalue weighted by molar-refractivity contribution is 7.40. The Bertz CT molecular complexity index is 313. The summed E-state index contributed by atoms with van der Waals surface area (Å²) in [6.07, 6.45) is 30.4. The molecular formula is C24H47O3P. The third-order valence-corrected chi connectivity index (χ3v) is 5.55. The lowest BCUT2D eigenvalue weighted by molar-refractivity contribution is 0.320. The van der Waals surface area contributed by atoms with E-state index in [9.17, 15) is 4.89 Å². The van der Waals surface area contributed by atoms with Crippen molar-refractivity contribution >= 4 is 8.60 Å². The van der Waals surface area contributed by atoms with Crippen LogP contribution in [0, 0.1) is 0 Å². The van der Waals surface area contributed by atoms with Crippen LogP contribution in [-0.2, 0) is 9.05 Å². The summed E-state index contributed by atoms with van der Waals surface area (Å²) in [5.74, 6) is 0. The number of hydrogen-bond donors (Lipinski definition) is 1. The zero-order chi connectivity index (χ0) is 20.5. The maximum absolute atomic E-state index is 9.65. The summed E-state index contributed by atoms with van der Waals surface area (Å²) in [5, 5.41) is 0. The van der Waals surface area contributed by atoms with Crippen molar-refractivity contribution in [3.8, 4) is 0 Å². The largest absolute Gasteiger partial charge is 0.458 e. The number of unbranched alkanes of at least 4 members (excludes halogenated alkanes) is 16. The zero-order valence-corrected chi connectivity index (χ0v) is 19.6. The van der Waals surface area contributed by atoms with E-state index in [4.69, 9.17) is 9.05 Å². The highest BCUT2D eigenvalue weighted by atomic mass is 31.2. The Kier molecular flexibility index (Phi) is 24.0. The third kappa shape index (κ3) is 23.5. The van der Waals surface area contributed by atoms with Crippen molar-refractivity contribution in [1.29, 1.82) is 0 Å². The molecule has 3 nitrogen and oxygen atoms in total. The van der Waals surface area contributed by atoms with E-state index in [1.54, 1.807) is 12.5 Å². The molecule has 0 saturated heterocycles. The molecule has 166 valence electrons. The second-order valence-electron chi connectivity index (χ2n) is 7.72. The predicted octanol–water partition coefficient (Wildman–Crippen LogP) is 9.33. The summed E-state index contributed by atoms with van der Waals surface area (Å²) in [5.41, 5.74) is 0. The average Bonchev–Trinajstić information content (AvgIpc) is 2.70. The summed E-state index contributed by atoms with van der Waals surface area (Å²) in [6, 6.07) is 0. The second-order valence-corrected chi connectivity index (χ2v) is 8.62. The SMILES string of the molecule is CCCCCCCCCC/C=C/OP(O)O/C=C/CCCCCCCCCC. The van der Waals surface area contributed by atoms with Crippen LogP contribution in [0.3, 0.4) is 0 Å². The lowest BCUT2D eigenvalue weighted by Gasteiger charge is -2.05. The van der Waals surface area contributed by atoms with Gasteiger partial charge in [-0.2, -0.15) is 0 Å². The molecule has 28 heavy (non-hydrogen) atoms. The molecule has 0 fully saturated rings. The molecule has 0 saturated carbocycles. The molecule has 0 spiro atoms. The van der Waals surface area contributed by atoms with Crippen molar-refractivity contribution in [3.05, 3.63) is 24.7 Å². The number of hydrogen-bond acceptors (Lipinski definition) is 3. The second kappa shape index (κ2) is 24.5. The maximum Gasteiger partial charge on any atom is 0.458 e. The average molecular weight is 415 g/mol. The molecule has 0 aromatic carbocycles. The van der Waals surface area contributed by atoms with E-state index >= 15 is 0 Å². The maximum atomic E-state index is 9.65. The summed E-state index contributed by atoms with van der Waals surface area (Å²) in [7, 11) is -1.83. The van der Waals surface area contributed by atoms with Gasteiger partial charge in [0.15, 0.2) is 0 Å². The van der Waals surface area contributed by atoms with Gasteiger partial charge in [0, 0.05) is 0 Å². The van der Waals surface area contributed by atoms with Gasteiger partial charge >= 0.3 is 8.60 Å². The smallest absolute Gasteiger partial charge is 0.426 e. The standard InChI is InChI=1S/C24H47O3P/c1-3-5-7-9-11-13-15-17-19-21-23-26-28(25)27-24-22-20-18-16-14-12-10-8-6-4-2/h21-25H,3-20H2,1-2H3/b23-21+,24-22+. The van der Waals surface area contributed by atoms with Crippen LogP contribution in [0.15, 0.2) is 24.7 Å². The van der Waals surface area contributed by atoms with Crippen molar-refractivity contribution in [1.82, 2.24) is 0 Å². The Balaban J connectivity index is 3.32. The first-order valence-corrected chi connectivity index (χ1v) is 13.1. The number of rotatable bonds is 22. The first kappa shape index (κ1) is 27.5. The van der Waals surface area contributed by atoms with Crippen molar-refractivity contribution in [3.63, 3.8) is 0 Å². The van der Waals surface area contributed by atoms with Gasteiger partial charge in [-0.05, 0) is 37.8 Å². The van der Waals surface area contributed by atoms with E-state index < -0.39 is 8.60 Å². The highest BCUT2D eigenvalue weighted by Crippen LogP contribution is 2.33. The highest BCUT2D eigenvalue weighted by Gasteiger charge is 2.02. The van der Waals surface area contributed by atoms with Crippen LogP contribution in [0.2, 0.25) is 0 Å². The third-order valence-electron chi connectivity index (χ3n) is 4.94. The topological polar surface area (TPSA) is 38.7 Å². The molecule has 0 unspecified atom stereocenters. The van der Waals surface area contributed by atoms with Crippen molar-refractivity contribution in [2.24, 2.45) is 0 Å². The quantitative estimate of drug-likeness (QED) is 0.109. The van der Waals surface area contributed by atoms with Gasteiger partial charge < -0.3 is 13.9 Å². The molecule has 0 aromatic heterocycles. The first-order valence-electron chi connectivity index (χ1n) is 11.9. The normalized spacial score (nSPS) is 11.9. The van der Waals surface area contributed by atoms with Crippen LogP contribution in [0.5, 0.6) is 0 Å². The van der Waals surface area contributed by atoms with Crippen molar-refractivity contribution in [2.45, 2.75) is 129 Å². The Hall–Kier alpha value is -0.530. The molecule has 0 heterocycles. The molecule has 0 bridgehead atoms. The fraction of sp³-hybridized carbons (Fsp3) is 0.833. The van der Waals surface area contributed by atoms with E-state index in [0.717, 1.165) is 12.8 Å². The molecule has 0 aromatic rings. The molecule has 0 radical (unpaired) electrons. The molecule has 0 amide bonds. The molecule has 0 rings (SSSR count). The van der Waals surface area contributed by atoms with E-state index in [-0.39, 0.29) is 0 Å². The zero-order valence-electron chi connectivity index (χ0n) is 18.7. The van der Waals surface area contributed by atoms with Gasteiger partial charge in [0.05, 0.1) is 12.5 Å². The van der Waals surface area contributed by atoms with Crippen LogP contribution in [0.4, 0.5) is 0 Å². The summed E-state index contributed by atoms with van der Waals surface area (Å²) < 4.78 is 10.3. The van der Waals surface area contributed by atoms with Gasteiger partial charge in [0.1, 0.15) is 0 Å². The van der Waals surface area contributed by atoms with Crippen LogP contribution in [0.1, 0.15) is 129 Å². The minimum absolute atomic E-state index is 1.01. The van der Waals surface area contributed by atoms with Gasteiger partial charge in [-0.25, -0.2) is 0 Å². The molecule has 0 aliphatic heterocycles. The molecular weight excluding hydrogens is 367 g/mol. The Labute approximate surface area is 177 Å². The lowest BCUT2D eigenvalue weighted by atomic mass is 10.1. The van der Waals surface area contributed by atoms with Crippen molar-refractivity contribution in [2.75, 3.05) is 0 Å². The van der Waals surface area contributed by atoms with E-state index in [0.29, 0.717) is 0 Å². The van der Waals surface area contributed by atoms with E-state index in [1.807, 2.05) is 12.2 Å². The minimum atomic E-state index is -1.83. The lowest BCUT2D eigenvalue weighted by Crippen LogP contribution is -1.81. The molecule has 0 aliphatic carbocycles. The predicted molar refractivity (Wildman–Crippen MR) is 124 cm³/mol. The summed E-state index contributed by atoms with van der Waals surface area (Å²) in [4.78, 5) is 9.65. The van der Waals surface area contributed by atoms with Crippen molar-refractivity contribution < 1.29 is 13.9 Å². The summed E-state index contributed by atoms with van der Waals surface area (Å²) >= 11 is 0. The first-order chi connectivity index (χ1) is 13.8. The van der Waals surface area contributed by atoms with E-state index in [2.05, 4.69) is 13.8 Å². The molecule has 0 aliphatic rings. The van der Waals surface area contributed by atoms with Crippen LogP contribution >= 0.6 is 8.60 Å². The summed E-state index contributed by atoms with van der Waals surface area (Å²) in [6.45, 7) is 4.51. The van der Waals surface area contributed by atoms with Gasteiger partial charge in [-0.3, -0.25) is 0 Å². The van der Waals surface area contributed by atoms with Gasteiger partial charge in [0.2, 0.25) is 0 Å². The fourth-order valence-electron chi connectivity index (χ4n) is 3.14. The van der Waals surface area contributed by atoms with Crippen LogP contribution in [-0.4, -0.2) is 4.89 Å². The molecule has 4 heteroatoms. The Morgan fingerprint density at radius 3 is 1.21 bits per heavy atom. The molecule has 1 N–H and O–H groups in total. The Morgan fingerprint density at radius 2 is 0.857 bits per heavy atom. The Morgan fingerprint density at radius 1 is 0.536 bits per heavy atom. The molecule has 0 atom stereocenters. The monoisotopic (exact) mass is 414 g/mol.